The maximum absolute atomic E-state index is 14.1. The first kappa shape index (κ1) is 26.1. The summed E-state index contributed by atoms with van der Waals surface area (Å²) in [6.45, 7) is -0.108. The van der Waals surface area contributed by atoms with Crippen molar-refractivity contribution in [2.45, 2.75) is 50.7 Å². The number of para-hydroxylation sites is 2. The Morgan fingerprint density at radius 2 is 1.64 bits per heavy atom. The lowest BCUT2D eigenvalue weighted by Gasteiger charge is -2.33. The van der Waals surface area contributed by atoms with Crippen molar-refractivity contribution < 1.29 is 19.1 Å². The van der Waals surface area contributed by atoms with Crippen molar-refractivity contribution in [2.75, 3.05) is 12.0 Å². The first-order valence-electron chi connectivity index (χ1n) is 13.2. The van der Waals surface area contributed by atoms with E-state index in [0.29, 0.717) is 22.3 Å². The van der Waals surface area contributed by atoms with Gasteiger partial charge in [0.2, 0.25) is 11.8 Å². The van der Waals surface area contributed by atoms with Crippen molar-refractivity contribution >= 4 is 34.5 Å². The SMILES string of the molecule is COC(=O)c1ccc([C@@H](C(=O)NC2CCCCC2)N(C(=O)Cn2nnc3ccccc32)c2ccccc2)cc1. The van der Waals surface area contributed by atoms with Crippen LogP contribution in [0, 0.1) is 0 Å². The number of rotatable bonds is 8. The minimum atomic E-state index is -0.969. The minimum absolute atomic E-state index is 0.0510. The molecule has 0 radical (unpaired) electrons. The molecule has 1 atom stereocenters. The quantitative estimate of drug-likeness (QED) is 0.341. The van der Waals surface area contributed by atoms with E-state index in [-0.39, 0.29) is 24.4 Å². The maximum atomic E-state index is 14.1. The van der Waals surface area contributed by atoms with Gasteiger partial charge in [-0.05, 0) is 54.8 Å². The standard InChI is InChI=1S/C30H31N5O4/c1-39-30(38)22-18-16-21(17-19-22)28(29(37)31-23-10-4-2-5-11-23)35(24-12-6-3-7-13-24)27(36)20-34-26-15-9-8-14-25(26)32-33-34/h3,6-9,12-19,23,28H,2,4-5,10-11,20H2,1H3,(H,31,37)/t28-/m0/s1. The molecule has 2 amide bonds. The Morgan fingerprint density at radius 1 is 0.949 bits per heavy atom. The fourth-order valence-corrected chi connectivity index (χ4v) is 5.13. The van der Waals surface area contributed by atoms with E-state index in [1.807, 2.05) is 42.5 Å². The summed E-state index contributed by atoms with van der Waals surface area (Å²) in [5, 5.41) is 11.6. The number of nitrogens with zero attached hydrogens (tertiary/aromatic N) is 4. The second kappa shape index (κ2) is 11.9. The van der Waals surface area contributed by atoms with E-state index in [9.17, 15) is 14.4 Å². The molecule has 1 aliphatic rings. The van der Waals surface area contributed by atoms with Gasteiger partial charge in [-0.15, -0.1) is 5.10 Å². The lowest BCUT2D eigenvalue weighted by atomic mass is 9.94. The highest BCUT2D eigenvalue weighted by Gasteiger charge is 2.34. The van der Waals surface area contributed by atoms with Gasteiger partial charge in [0.25, 0.3) is 0 Å². The van der Waals surface area contributed by atoms with Gasteiger partial charge in [-0.25, -0.2) is 9.48 Å². The number of esters is 1. The van der Waals surface area contributed by atoms with Gasteiger partial charge in [0.1, 0.15) is 18.1 Å². The van der Waals surface area contributed by atoms with E-state index in [0.717, 1.165) is 37.6 Å². The van der Waals surface area contributed by atoms with Crippen molar-refractivity contribution in [1.29, 1.82) is 0 Å². The summed E-state index contributed by atoms with van der Waals surface area (Å²) in [7, 11) is 1.32. The predicted molar refractivity (Wildman–Crippen MR) is 147 cm³/mol. The molecule has 5 rings (SSSR count). The number of carbonyl (C=O) groups is 3. The van der Waals surface area contributed by atoms with Crippen LogP contribution in [0.2, 0.25) is 0 Å². The number of nitrogens with one attached hydrogen (secondary N) is 1. The number of ether oxygens (including phenoxy) is 1. The summed E-state index contributed by atoms with van der Waals surface area (Å²) in [4.78, 5) is 41.6. The highest BCUT2D eigenvalue weighted by Crippen LogP contribution is 2.30. The largest absolute Gasteiger partial charge is 0.465 e. The molecule has 9 heteroatoms. The summed E-state index contributed by atoms with van der Waals surface area (Å²) >= 11 is 0. The van der Waals surface area contributed by atoms with Gasteiger partial charge in [0.05, 0.1) is 18.2 Å². The van der Waals surface area contributed by atoms with Crippen molar-refractivity contribution in [3.8, 4) is 0 Å². The Hall–Kier alpha value is -4.53. The first-order valence-corrected chi connectivity index (χ1v) is 13.2. The Balaban J connectivity index is 1.55. The molecule has 0 bridgehead atoms. The average Bonchev–Trinajstić information content (AvgIpc) is 3.39. The van der Waals surface area contributed by atoms with Gasteiger partial charge in [0.15, 0.2) is 0 Å². The molecule has 1 heterocycles. The van der Waals surface area contributed by atoms with E-state index in [2.05, 4.69) is 15.6 Å². The van der Waals surface area contributed by atoms with Crippen LogP contribution in [0.5, 0.6) is 0 Å². The van der Waals surface area contributed by atoms with Gasteiger partial charge in [-0.3, -0.25) is 14.5 Å². The molecule has 0 aliphatic heterocycles. The molecule has 200 valence electrons. The normalized spacial score (nSPS) is 14.5. The topological polar surface area (TPSA) is 106 Å². The van der Waals surface area contributed by atoms with Gasteiger partial charge in [0, 0.05) is 11.7 Å². The van der Waals surface area contributed by atoms with E-state index in [1.54, 1.807) is 41.1 Å². The minimum Gasteiger partial charge on any atom is -0.465 e. The summed E-state index contributed by atoms with van der Waals surface area (Å²) in [6, 6.07) is 22.3. The van der Waals surface area contributed by atoms with Crippen LogP contribution < -0.4 is 10.2 Å². The zero-order valence-electron chi connectivity index (χ0n) is 21.8. The van der Waals surface area contributed by atoms with Crippen LogP contribution in [0.3, 0.4) is 0 Å². The molecule has 9 nitrogen and oxygen atoms in total. The number of anilines is 1. The van der Waals surface area contributed by atoms with Crippen molar-refractivity contribution in [3.05, 3.63) is 90.0 Å². The van der Waals surface area contributed by atoms with Crippen molar-refractivity contribution in [1.82, 2.24) is 20.3 Å². The van der Waals surface area contributed by atoms with Crippen molar-refractivity contribution in [2.24, 2.45) is 0 Å². The summed E-state index contributed by atoms with van der Waals surface area (Å²) in [5.41, 5.74) is 2.93. The lowest BCUT2D eigenvalue weighted by molar-refractivity contribution is -0.127. The molecule has 0 unspecified atom stereocenters. The van der Waals surface area contributed by atoms with E-state index in [4.69, 9.17) is 4.74 Å². The number of aromatic nitrogens is 3. The Kier molecular flexibility index (Phi) is 7.96. The number of amides is 2. The molecule has 1 N–H and O–H groups in total. The highest BCUT2D eigenvalue weighted by atomic mass is 16.5. The molecule has 39 heavy (non-hydrogen) atoms. The molecule has 3 aromatic carbocycles. The smallest absolute Gasteiger partial charge is 0.337 e. The fourth-order valence-electron chi connectivity index (χ4n) is 5.13. The zero-order chi connectivity index (χ0) is 27.2. The third-order valence-corrected chi connectivity index (χ3v) is 7.11. The maximum Gasteiger partial charge on any atom is 0.337 e. The third-order valence-electron chi connectivity index (χ3n) is 7.11. The van der Waals surface area contributed by atoms with Crippen LogP contribution in [-0.2, 0) is 20.9 Å². The molecule has 4 aromatic rings. The molecule has 1 saturated carbocycles. The lowest BCUT2D eigenvalue weighted by Crippen LogP contribution is -2.48. The Morgan fingerprint density at radius 3 is 2.36 bits per heavy atom. The first-order chi connectivity index (χ1) is 19.0. The highest BCUT2D eigenvalue weighted by molar-refractivity contribution is 6.01. The average molecular weight is 526 g/mol. The fraction of sp³-hybridized carbons (Fsp3) is 0.300. The monoisotopic (exact) mass is 525 g/mol. The summed E-state index contributed by atoms with van der Waals surface area (Å²) < 4.78 is 6.38. The Bertz CT molecular complexity index is 1450. The molecule has 0 saturated heterocycles. The van der Waals surface area contributed by atoms with Crippen LogP contribution in [0.15, 0.2) is 78.9 Å². The Labute approximate surface area is 226 Å². The molecule has 0 spiro atoms. The van der Waals surface area contributed by atoms with Gasteiger partial charge >= 0.3 is 5.97 Å². The van der Waals surface area contributed by atoms with Crippen LogP contribution in [0.1, 0.15) is 54.1 Å². The zero-order valence-corrected chi connectivity index (χ0v) is 21.8. The number of methoxy groups -OCH3 is 1. The second-order valence-electron chi connectivity index (χ2n) is 9.69. The number of hydrogen-bond acceptors (Lipinski definition) is 6. The molecular formula is C30H31N5O4. The summed E-state index contributed by atoms with van der Waals surface area (Å²) in [6.07, 6.45) is 5.09. The van der Waals surface area contributed by atoms with Gasteiger partial charge in [-0.1, -0.05) is 66.9 Å². The number of hydrogen-bond donors (Lipinski definition) is 1. The molecule has 1 fully saturated rings. The van der Waals surface area contributed by atoms with Crippen LogP contribution >= 0.6 is 0 Å². The summed E-state index contributed by atoms with van der Waals surface area (Å²) in [5.74, 6) is -1.06. The van der Waals surface area contributed by atoms with Crippen LogP contribution in [0.25, 0.3) is 11.0 Å². The third kappa shape index (κ3) is 5.82. The molecule has 1 aromatic heterocycles. The second-order valence-corrected chi connectivity index (χ2v) is 9.69. The van der Waals surface area contributed by atoms with E-state index < -0.39 is 12.0 Å². The molecular weight excluding hydrogens is 494 g/mol. The van der Waals surface area contributed by atoms with E-state index in [1.165, 1.54) is 12.0 Å². The predicted octanol–water partition coefficient (Wildman–Crippen LogP) is 4.44. The van der Waals surface area contributed by atoms with E-state index >= 15 is 0 Å². The number of fused-ring (bicyclic) bond motifs is 1. The number of benzene rings is 3. The molecule has 1 aliphatic carbocycles. The van der Waals surface area contributed by atoms with Crippen LogP contribution in [-0.4, -0.2) is 45.9 Å². The van der Waals surface area contributed by atoms with Gasteiger partial charge < -0.3 is 10.1 Å². The van der Waals surface area contributed by atoms with Gasteiger partial charge in [-0.2, -0.15) is 0 Å². The number of carbonyl (C=O) groups excluding carboxylic acids is 3. The van der Waals surface area contributed by atoms with Crippen molar-refractivity contribution in [3.63, 3.8) is 0 Å². The van der Waals surface area contributed by atoms with Crippen LogP contribution in [0.4, 0.5) is 5.69 Å².